The molecule has 0 saturated carbocycles. The molecule has 0 aliphatic heterocycles. The largest absolute Gasteiger partial charge is 0.463 e. The molecule has 1 N–H and O–H groups in total. The first-order valence-electron chi connectivity index (χ1n) is 6.64. The Morgan fingerprint density at radius 2 is 2.10 bits per heavy atom. The minimum atomic E-state index is -0.118. The Labute approximate surface area is 128 Å². The van der Waals surface area contributed by atoms with Gasteiger partial charge in [-0.15, -0.1) is 11.8 Å². The van der Waals surface area contributed by atoms with Crippen LogP contribution in [-0.2, 0) is 10.5 Å². The molecule has 21 heavy (non-hydrogen) atoms. The molecule has 1 aromatic carbocycles. The van der Waals surface area contributed by atoms with Crippen molar-refractivity contribution in [1.29, 1.82) is 0 Å². The maximum atomic E-state index is 11.6. The van der Waals surface area contributed by atoms with Crippen molar-refractivity contribution in [2.45, 2.75) is 19.6 Å². The molecule has 0 bridgehead atoms. The van der Waals surface area contributed by atoms with Gasteiger partial charge in [-0.1, -0.05) is 29.3 Å². The lowest BCUT2D eigenvalue weighted by Crippen LogP contribution is -2.19. The zero-order chi connectivity index (χ0) is 15.1. The molecule has 4 nitrogen and oxygen atoms in total. The highest BCUT2D eigenvalue weighted by Gasteiger charge is 2.02. The highest BCUT2D eigenvalue weighted by atomic mass is 32.2. The molecule has 110 valence electrons. The second-order valence-corrected chi connectivity index (χ2v) is 5.78. The van der Waals surface area contributed by atoms with Crippen LogP contribution in [0.2, 0.25) is 0 Å². The van der Waals surface area contributed by atoms with Gasteiger partial charge in [0.1, 0.15) is 5.76 Å². The lowest BCUT2D eigenvalue weighted by molar-refractivity contribution is -0.118. The third-order valence-electron chi connectivity index (χ3n) is 2.71. The van der Waals surface area contributed by atoms with Crippen molar-refractivity contribution < 1.29 is 9.21 Å². The van der Waals surface area contributed by atoms with Gasteiger partial charge < -0.3 is 4.42 Å². The van der Waals surface area contributed by atoms with Gasteiger partial charge in [-0.25, -0.2) is 5.43 Å². The maximum Gasteiger partial charge on any atom is 0.250 e. The van der Waals surface area contributed by atoms with Crippen molar-refractivity contribution in [1.82, 2.24) is 5.43 Å². The van der Waals surface area contributed by atoms with Crippen LogP contribution >= 0.6 is 11.8 Å². The first-order chi connectivity index (χ1) is 10.1. The summed E-state index contributed by atoms with van der Waals surface area (Å²) in [5.74, 6) is 1.69. The fraction of sp³-hybridized carbons (Fsp3) is 0.250. The number of hydrazone groups is 1. The van der Waals surface area contributed by atoms with E-state index in [4.69, 9.17) is 4.42 Å². The number of carbonyl (C=O) groups excluding carboxylic acids is 1. The predicted molar refractivity (Wildman–Crippen MR) is 86.5 cm³/mol. The molecule has 5 heteroatoms. The van der Waals surface area contributed by atoms with E-state index in [1.54, 1.807) is 30.2 Å². The van der Waals surface area contributed by atoms with Crippen molar-refractivity contribution in [3.8, 4) is 0 Å². The molecular formula is C16H18N2O2S. The van der Waals surface area contributed by atoms with Crippen molar-refractivity contribution in [2.75, 3.05) is 5.75 Å². The van der Waals surface area contributed by atoms with Crippen LogP contribution < -0.4 is 5.43 Å². The van der Waals surface area contributed by atoms with Gasteiger partial charge in [0, 0.05) is 5.75 Å². The molecule has 1 amide bonds. The maximum absolute atomic E-state index is 11.6. The lowest BCUT2D eigenvalue weighted by Gasteiger charge is -2.04. The molecule has 0 unspecified atom stereocenters. The molecule has 0 aliphatic carbocycles. The van der Waals surface area contributed by atoms with E-state index in [0.717, 1.165) is 5.75 Å². The Morgan fingerprint density at radius 3 is 2.76 bits per heavy atom. The number of furan rings is 1. The number of amides is 1. The van der Waals surface area contributed by atoms with Crippen LogP contribution in [0.15, 0.2) is 46.1 Å². The standard InChI is InChI=1S/C16H18N2O2S/c1-12-6-13(2)8-14(7-12)10-21-11-16(19)18-17-9-15-4-3-5-20-15/h3-9H,10-11H2,1-2H3,(H,18,19)/b17-9-. The number of nitrogens with one attached hydrogen (secondary N) is 1. The second-order valence-electron chi connectivity index (χ2n) is 4.80. The normalized spacial score (nSPS) is 11.0. The second kappa shape index (κ2) is 7.69. The molecular weight excluding hydrogens is 284 g/mol. The van der Waals surface area contributed by atoms with Gasteiger partial charge >= 0.3 is 0 Å². The highest BCUT2D eigenvalue weighted by molar-refractivity contribution is 7.99. The third kappa shape index (κ3) is 5.47. The monoisotopic (exact) mass is 302 g/mol. The Bertz CT molecular complexity index is 601. The third-order valence-corrected chi connectivity index (χ3v) is 3.71. The number of nitrogens with zero attached hydrogens (tertiary/aromatic N) is 1. The van der Waals surface area contributed by atoms with Crippen molar-refractivity contribution in [3.63, 3.8) is 0 Å². The molecule has 1 aromatic heterocycles. The molecule has 2 rings (SSSR count). The Morgan fingerprint density at radius 1 is 1.33 bits per heavy atom. The average Bonchev–Trinajstić information content (AvgIpc) is 2.91. The van der Waals surface area contributed by atoms with Gasteiger partial charge in [0.25, 0.3) is 0 Å². The first kappa shape index (κ1) is 15.4. The SMILES string of the molecule is Cc1cc(C)cc(CSCC(=O)N/N=C\c2ccco2)c1. The summed E-state index contributed by atoms with van der Waals surface area (Å²) in [4.78, 5) is 11.6. The Hall–Kier alpha value is -2.01. The van der Waals surface area contributed by atoms with Gasteiger partial charge in [0.05, 0.1) is 18.2 Å². The molecule has 0 spiro atoms. The summed E-state index contributed by atoms with van der Waals surface area (Å²) < 4.78 is 5.07. The van der Waals surface area contributed by atoms with E-state index in [9.17, 15) is 4.79 Å². The molecule has 1 heterocycles. The number of carbonyl (C=O) groups is 1. The number of hydrogen-bond acceptors (Lipinski definition) is 4. The highest BCUT2D eigenvalue weighted by Crippen LogP contribution is 2.15. The smallest absolute Gasteiger partial charge is 0.250 e. The van der Waals surface area contributed by atoms with E-state index in [2.05, 4.69) is 42.6 Å². The van der Waals surface area contributed by atoms with E-state index in [1.165, 1.54) is 22.9 Å². The number of thioether (sulfide) groups is 1. The van der Waals surface area contributed by atoms with E-state index in [1.807, 2.05) is 0 Å². The summed E-state index contributed by atoms with van der Waals surface area (Å²) in [6.45, 7) is 4.16. The van der Waals surface area contributed by atoms with Gasteiger partial charge in [-0.2, -0.15) is 5.10 Å². The fourth-order valence-electron chi connectivity index (χ4n) is 1.98. The minimum Gasteiger partial charge on any atom is -0.463 e. The van der Waals surface area contributed by atoms with Gasteiger partial charge in [0.2, 0.25) is 5.91 Å². The zero-order valence-electron chi connectivity index (χ0n) is 12.1. The van der Waals surface area contributed by atoms with Crippen LogP contribution in [0.1, 0.15) is 22.5 Å². The molecule has 2 aromatic rings. The predicted octanol–water partition coefficient (Wildman–Crippen LogP) is 3.28. The molecule has 0 radical (unpaired) electrons. The van der Waals surface area contributed by atoms with E-state index in [0.29, 0.717) is 11.5 Å². The van der Waals surface area contributed by atoms with E-state index in [-0.39, 0.29) is 5.91 Å². The van der Waals surface area contributed by atoms with Crippen LogP contribution in [0, 0.1) is 13.8 Å². The van der Waals surface area contributed by atoms with Crippen LogP contribution in [0.3, 0.4) is 0 Å². The molecule has 0 atom stereocenters. The van der Waals surface area contributed by atoms with E-state index >= 15 is 0 Å². The van der Waals surface area contributed by atoms with Crippen LogP contribution in [0.5, 0.6) is 0 Å². The number of benzene rings is 1. The Kier molecular flexibility index (Phi) is 5.63. The minimum absolute atomic E-state index is 0.118. The topological polar surface area (TPSA) is 54.6 Å². The van der Waals surface area contributed by atoms with Crippen molar-refractivity contribution >= 4 is 23.9 Å². The number of rotatable bonds is 6. The summed E-state index contributed by atoms with van der Waals surface area (Å²) in [6, 6.07) is 9.97. The van der Waals surface area contributed by atoms with Crippen LogP contribution in [0.4, 0.5) is 0 Å². The van der Waals surface area contributed by atoms with Gasteiger partial charge in [-0.3, -0.25) is 4.79 Å². The summed E-state index contributed by atoms with van der Waals surface area (Å²) >= 11 is 1.57. The fourth-order valence-corrected chi connectivity index (χ4v) is 2.73. The zero-order valence-corrected chi connectivity index (χ0v) is 12.9. The van der Waals surface area contributed by atoms with Crippen LogP contribution in [0.25, 0.3) is 0 Å². The summed E-state index contributed by atoms with van der Waals surface area (Å²) in [5.41, 5.74) is 6.22. The average molecular weight is 302 g/mol. The van der Waals surface area contributed by atoms with E-state index < -0.39 is 0 Å². The molecule has 0 aliphatic rings. The number of aryl methyl sites for hydroxylation is 2. The molecule has 0 fully saturated rings. The van der Waals surface area contributed by atoms with Crippen molar-refractivity contribution in [2.24, 2.45) is 5.10 Å². The van der Waals surface area contributed by atoms with Crippen molar-refractivity contribution in [3.05, 3.63) is 59.0 Å². The van der Waals surface area contributed by atoms with Crippen LogP contribution in [-0.4, -0.2) is 17.9 Å². The van der Waals surface area contributed by atoms with Gasteiger partial charge in [0.15, 0.2) is 0 Å². The summed E-state index contributed by atoms with van der Waals surface area (Å²) in [6.07, 6.45) is 3.04. The Balaban J connectivity index is 1.71. The number of hydrogen-bond donors (Lipinski definition) is 1. The first-order valence-corrected chi connectivity index (χ1v) is 7.79. The molecule has 0 saturated heterocycles. The van der Waals surface area contributed by atoms with Gasteiger partial charge in [-0.05, 0) is 31.5 Å². The lowest BCUT2D eigenvalue weighted by atomic mass is 10.1. The summed E-state index contributed by atoms with van der Waals surface area (Å²) in [5, 5.41) is 3.84. The quantitative estimate of drug-likeness (QED) is 0.658. The summed E-state index contributed by atoms with van der Waals surface area (Å²) in [7, 11) is 0.